The fraction of sp³-hybridized carbons (Fsp3) is 0.533. The van der Waals surface area contributed by atoms with Crippen LogP contribution in [0.5, 0.6) is 0 Å². The second-order valence-electron chi connectivity index (χ2n) is 4.95. The minimum absolute atomic E-state index is 0.122. The number of halogens is 1. The van der Waals surface area contributed by atoms with Crippen LogP contribution in [0.3, 0.4) is 0 Å². The van der Waals surface area contributed by atoms with E-state index < -0.39 is 0 Å². The molecule has 1 aromatic carbocycles. The topological polar surface area (TPSA) is 23.8 Å². The highest BCUT2D eigenvalue weighted by Crippen LogP contribution is 2.38. The summed E-state index contributed by atoms with van der Waals surface area (Å²) in [5.74, 6) is 2.26. The van der Waals surface area contributed by atoms with Gasteiger partial charge in [0, 0.05) is 4.47 Å². The molecule has 0 unspecified atom stereocenters. The van der Waals surface area contributed by atoms with Gasteiger partial charge in [-0.05, 0) is 60.4 Å². The van der Waals surface area contributed by atoms with Crippen molar-refractivity contribution in [3.63, 3.8) is 0 Å². The first-order valence-electron chi connectivity index (χ1n) is 6.45. The zero-order valence-corrected chi connectivity index (χ0v) is 13.1. The second kappa shape index (κ2) is 6.12. The van der Waals surface area contributed by atoms with Crippen LogP contribution in [-0.4, -0.2) is 11.5 Å². The molecule has 0 spiro atoms. The van der Waals surface area contributed by atoms with Crippen molar-refractivity contribution in [1.29, 1.82) is 5.26 Å². The molecule has 1 aromatic rings. The van der Waals surface area contributed by atoms with Crippen LogP contribution in [0.1, 0.15) is 30.9 Å². The van der Waals surface area contributed by atoms with Crippen molar-refractivity contribution in [2.45, 2.75) is 32.6 Å². The first kappa shape index (κ1) is 14.0. The summed E-state index contributed by atoms with van der Waals surface area (Å²) in [5, 5.41) is 9.55. The summed E-state index contributed by atoms with van der Waals surface area (Å²) in [6.07, 6.45) is 4.02. The SMILES string of the molecule is CCc1cc(Br)ccc1CC1(C#N)CCSCC1. The number of benzene rings is 1. The molecule has 0 amide bonds. The summed E-state index contributed by atoms with van der Waals surface area (Å²) in [6, 6.07) is 9.08. The Morgan fingerprint density at radius 1 is 1.33 bits per heavy atom. The van der Waals surface area contributed by atoms with Gasteiger partial charge in [0.25, 0.3) is 0 Å². The van der Waals surface area contributed by atoms with E-state index in [2.05, 4.69) is 47.1 Å². The maximum atomic E-state index is 9.55. The highest BCUT2D eigenvalue weighted by Gasteiger charge is 2.33. The van der Waals surface area contributed by atoms with Crippen LogP contribution in [0.15, 0.2) is 22.7 Å². The van der Waals surface area contributed by atoms with Crippen molar-refractivity contribution >= 4 is 27.7 Å². The number of aryl methyl sites for hydroxylation is 1. The minimum Gasteiger partial charge on any atom is -0.198 e. The highest BCUT2D eigenvalue weighted by atomic mass is 79.9. The quantitative estimate of drug-likeness (QED) is 0.812. The average Bonchev–Trinajstić information content (AvgIpc) is 2.42. The third-order valence-corrected chi connectivity index (χ3v) is 5.24. The molecule has 1 aliphatic heterocycles. The molecule has 0 aliphatic carbocycles. The molecule has 1 heterocycles. The molecule has 96 valence electrons. The van der Waals surface area contributed by atoms with Crippen LogP contribution in [0.2, 0.25) is 0 Å². The molecule has 1 nitrogen and oxygen atoms in total. The van der Waals surface area contributed by atoms with E-state index in [4.69, 9.17) is 0 Å². The maximum absolute atomic E-state index is 9.55. The number of rotatable bonds is 3. The van der Waals surface area contributed by atoms with Crippen molar-refractivity contribution in [3.8, 4) is 6.07 Å². The molecule has 1 fully saturated rings. The van der Waals surface area contributed by atoms with E-state index in [-0.39, 0.29) is 5.41 Å². The fourth-order valence-electron chi connectivity index (χ4n) is 2.55. The molecule has 0 N–H and O–H groups in total. The van der Waals surface area contributed by atoms with Gasteiger partial charge in [-0.15, -0.1) is 0 Å². The van der Waals surface area contributed by atoms with Gasteiger partial charge in [-0.1, -0.05) is 28.9 Å². The Balaban J connectivity index is 2.24. The number of nitrogens with zero attached hydrogens (tertiary/aromatic N) is 1. The lowest BCUT2D eigenvalue weighted by atomic mass is 9.77. The summed E-state index contributed by atoms with van der Waals surface area (Å²) in [6.45, 7) is 2.18. The zero-order valence-electron chi connectivity index (χ0n) is 10.7. The molecule has 1 aliphatic rings. The number of thioether (sulfide) groups is 1. The van der Waals surface area contributed by atoms with Gasteiger partial charge in [-0.3, -0.25) is 0 Å². The Morgan fingerprint density at radius 3 is 2.67 bits per heavy atom. The van der Waals surface area contributed by atoms with E-state index in [0.717, 1.165) is 41.7 Å². The summed E-state index contributed by atoms with van der Waals surface area (Å²) < 4.78 is 1.13. The molecular formula is C15H18BrNS. The predicted molar refractivity (Wildman–Crippen MR) is 81.8 cm³/mol. The van der Waals surface area contributed by atoms with Crippen molar-refractivity contribution < 1.29 is 0 Å². The first-order valence-corrected chi connectivity index (χ1v) is 8.40. The standard InChI is InChI=1S/C15H18BrNS/c1-2-12-9-14(16)4-3-13(12)10-15(11-17)5-7-18-8-6-15/h3-4,9H,2,5-8,10H2,1H3. The molecule has 0 aromatic heterocycles. The van der Waals surface area contributed by atoms with Gasteiger partial charge in [-0.25, -0.2) is 0 Å². The Kier molecular flexibility index (Phi) is 4.75. The lowest BCUT2D eigenvalue weighted by Crippen LogP contribution is -2.27. The number of hydrogen-bond donors (Lipinski definition) is 0. The summed E-state index contributed by atoms with van der Waals surface area (Å²) in [7, 11) is 0. The Morgan fingerprint density at radius 2 is 2.06 bits per heavy atom. The van der Waals surface area contributed by atoms with Crippen molar-refractivity contribution in [1.82, 2.24) is 0 Å². The van der Waals surface area contributed by atoms with Crippen LogP contribution in [0.4, 0.5) is 0 Å². The molecule has 0 radical (unpaired) electrons. The van der Waals surface area contributed by atoms with Crippen molar-refractivity contribution in [2.24, 2.45) is 5.41 Å². The molecule has 0 bridgehead atoms. The van der Waals surface area contributed by atoms with Gasteiger partial charge >= 0.3 is 0 Å². The molecular weight excluding hydrogens is 306 g/mol. The third kappa shape index (κ3) is 3.10. The van der Waals surface area contributed by atoms with Crippen LogP contribution in [0.25, 0.3) is 0 Å². The molecule has 3 heteroatoms. The summed E-state index contributed by atoms with van der Waals surface area (Å²) in [4.78, 5) is 0. The smallest absolute Gasteiger partial charge is 0.0693 e. The second-order valence-corrected chi connectivity index (χ2v) is 7.09. The monoisotopic (exact) mass is 323 g/mol. The Hall–Kier alpha value is -0.460. The highest BCUT2D eigenvalue weighted by molar-refractivity contribution is 9.10. The Bertz CT molecular complexity index is 458. The van der Waals surface area contributed by atoms with Crippen molar-refractivity contribution in [3.05, 3.63) is 33.8 Å². The van der Waals surface area contributed by atoms with E-state index in [9.17, 15) is 5.26 Å². The van der Waals surface area contributed by atoms with E-state index in [0.29, 0.717) is 0 Å². The molecule has 2 rings (SSSR count). The van der Waals surface area contributed by atoms with Gasteiger partial charge in [0.2, 0.25) is 0 Å². The van der Waals surface area contributed by atoms with Crippen LogP contribution in [-0.2, 0) is 12.8 Å². The van der Waals surface area contributed by atoms with Crippen LogP contribution < -0.4 is 0 Å². The molecule has 18 heavy (non-hydrogen) atoms. The summed E-state index contributed by atoms with van der Waals surface area (Å²) >= 11 is 5.50. The maximum Gasteiger partial charge on any atom is 0.0693 e. The third-order valence-electron chi connectivity index (χ3n) is 3.77. The van der Waals surface area contributed by atoms with Gasteiger partial charge in [0.1, 0.15) is 0 Å². The Labute approximate surface area is 122 Å². The van der Waals surface area contributed by atoms with Gasteiger partial charge < -0.3 is 0 Å². The predicted octanol–water partition coefficient (Wildman–Crippen LogP) is 4.59. The van der Waals surface area contributed by atoms with E-state index in [1.54, 1.807) is 0 Å². The first-order chi connectivity index (χ1) is 8.69. The molecule has 0 saturated carbocycles. The largest absolute Gasteiger partial charge is 0.198 e. The van der Waals surface area contributed by atoms with Gasteiger partial charge in [-0.2, -0.15) is 17.0 Å². The lowest BCUT2D eigenvalue weighted by Gasteiger charge is -2.31. The van der Waals surface area contributed by atoms with Gasteiger partial charge in [0.05, 0.1) is 11.5 Å². The zero-order chi connectivity index (χ0) is 13.0. The number of nitriles is 1. The van der Waals surface area contributed by atoms with Crippen molar-refractivity contribution in [2.75, 3.05) is 11.5 Å². The minimum atomic E-state index is -0.122. The number of hydrogen-bond acceptors (Lipinski definition) is 2. The van der Waals surface area contributed by atoms with E-state index >= 15 is 0 Å². The fourth-order valence-corrected chi connectivity index (χ4v) is 4.23. The summed E-state index contributed by atoms with van der Waals surface area (Å²) in [5.41, 5.74) is 2.61. The average molecular weight is 324 g/mol. The van der Waals surface area contributed by atoms with E-state index in [1.807, 2.05) is 11.8 Å². The molecule has 0 atom stereocenters. The van der Waals surface area contributed by atoms with E-state index in [1.165, 1.54) is 11.1 Å². The normalized spacial score (nSPS) is 18.3. The lowest BCUT2D eigenvalue weighted by molar-refractivity contribution is 0.361. The van der Waals surface area contributed by atoms with Gasteiger partial charge in [0.15, 0.2) is 0 Å². The van der Waals surface area contributed by atoms with Crippen LogP contribution >= 0.6 is 27.7 Å². The van der Waals surface area contributed by atoms with Crippen LogP contribution in [0, 0.1) is 16.7 Å². The molecule has 1 saturated heterocycles.